The van der Waals surface area contributed by atoms with Crippen molar-refractivity contribution < 1.29 is 4.48 Å². The molecule has 0 amide bonds. The van der Waals surface area contributed by atoms with Gasteiger partial charge in [0.2, 0.25) is 28.4 Å². The van der Waals surface area contributed by atoms with E-state index in [9.17, 15) is 4.48 Å². The standard InChI is InChI=1S/C7H7BCl2FN10/c1-12-4-13-2(9)14-5(17-4)19-8-20-6-15-3(10)16-7(18-6)21-11/h1H3,(H2,12,13,14,17,19)(H2,15,16,18,20,21). The summed E-state index contributed by atoms with van der Waals surface area (Å²) in [6.07, 6.45) is 0. The van der Waals surface area contributed by atoms with E-state index in [1.807, 2.05) is 0 Å². The molecule has 0 saturated carbocycles. The lowest BCUT2D eigenvalue weighted by Gasteiger charge is -2.06. The van der Waals surface area contributed by atoms with Gasteiger partial charge < -0.3 is 15.8 Å². The molecule has 0 aliphatic carbocycles. The Morgan fingerprint density at radius 1 is 0.810 bits per heavy atom. The molecule has 21 heavy (non-hydrogen) atoms. The van der Waals surface area contributed by atoms with Gasteiger partial charge in [0.15, 0.2) is 0 Å². The number of aromatic nitrogens is 6. The maximum atomic E-state index is 12.2. The van der Waals surface area contributed by atoms with E-state index in [0.29, 0.717) is 0 Å². The molecule has 2 heterocycles. The summed E-state index contributed by atoms with van der Waals surface area (Å²) in [6, 6.07) is 0. The van der Waals surface area contributed by atoms with Gasteiger partial charge in [-0.3, -0.25) is 0 Å². The number of halogens is 3. The third-order valence-corrected chi connectivity index (χ3v) is 2.26. The second-order valence-corrected chi connectivity index (χ2v) is 3.96. The maximum Gasteiger partial charge on any atom is 0.390 e. The topological polar surface area (TPSA) is 125 Å². The molecule has 0 spiro atoms. The third kappa shape index (κ3) is 4.39. The first-order chi connectivity index (χ1) is 10.1. The second kappa shape index (κ2) is 6.99. The summed E-state index contributed by atoms with van der Waals surface area (Å²) in [7, 11) is 2.94. The molecule has 0 aliphatic rings. The van der Waals surface area contributed by atoms with Crippen LogP contribution in [0.4, 0.5) is 28.3 Å². The van der Waals surface area contributed by atoms with E-state index in [0.717, 1.165) is 0 Å². The SMILES string of the molecule is CNc1nc(Cl)nc(N[B]Nc2nc(Cl)nc(NF)n2)n1. The van der Waals surface area contributed by atoms with Crippen LogP contribution >= 0.6 is 23.2 Å². The van der Waals surface area contributed by atoms with Crippen molar-refractivity contribution in [3.8, 4) is 0 Å². The molecular formula is C7H7BCl2FN10. The largest absolute Gasteiger partial charge is 0.390 e. The van der Waals surface area contributed by atoms with Gasteiger partial charge >= 0.3 is 7.55 Å². The van der Waals surface area contributed by atoms with Gasteiger partial charge in [-0.2, -0.15) is 35.4 Å². The Morgan fingerprint density at radius 3 is 1.81 bits per heavy atom. The van der Waals surface area contributed by atoms with Crippen LogP contribution in [-0.2, 0) is 0 Å². The average molecular weight is 332 g/mol. The van der Waals surface area contributed by atoms with Gasteiger partial charge in [-0.05, 0) is 23.2 Å². The maximum absolute atomic E-state index is 12.2. The zero-order valence-corrected chi connectivity index (χ0v) is 11.9. The summed E-state index contributed by atoms with van der Waals surface area (Å²) < 4.78 is 12.2. The molecule has 2 aromatic heterocycles. The highest BCUT2D eigenvalue weighted by Crippen LogP contribution is 2.10. The van der Waals surface area contributed by atoms with Crippen molar-refractivity contribution >= 4 is 54.5 Å². The van der Waals surface area contributed by atoms with Crippen molar-refractivity contribution in [3.63, 3.8) is 0 Å². The summed E-state index contributed by atoms with van der Waals surface area (Å²) in [5.74, 6) is 0.150. The summed E-state index contributed by atoms with van der Waals surface area (Å²) in [5.41, 5.74) is 1.26. The fourth-order valence-corrected chi connectivity index (χ4v) is 1.47. The van der Waals surface area contributed by atoms with Crippen molar-refractivity contribution in [2.75, 3.05) is 28.4 Å². The molecule has 10 nitrogen and oxygen atoms in total. The third-order valence-electron chi connectivity index (χ3n) is 1.93. The van der Waals surface area contributed by atoms with Gasteiger partial charge in [-0.15, -0.1) is 4.48 Å². The van der Waals surface area contributed by atoms with Crippen LogP contribution in [-0.4, -0.2) is 44.5 Å². The second-order valence-electron chi connectivity index (χ2n) is 3.28. The van der Waals surface area contributed by atoms with E-state index >= 15 is 0 Å². The molecule has 2 aromatic rings. The molecular weight excluding hydrogens is 325 g/mol. The number of hydrogen-bond acceptors (Lipinski definition) is 10. The number of nitrogens with zero attached hydrogens (tertiary/aromatic N) is 6. The quantitative estimate of drug-likeness (QED) is 0.445. The lowest BCUT2D eigenvalue weighted by molar-refractivity contribution is 0.604. The number of nitrogens with one attached hydrogen (secondary N) is 4. The molecule has 109 valence electrons. The molecule has 2 rings (SSSR count). The number of hydrogen-bond donors (Lipinski definition) is 4. The van der Waals surface area contributed by atoms with Crippen LogP contribution in [0, 0.1) is 0 Å². The van der Waals surface area contributed by atoms with E-state index in [1.165, 1.54) is 13.1 Å². The minimum Gasteiger partial charge on any atom is -0.381 e. The lowest BCUT2D eigenvalue weighted by Crippen LogP contribution is -2.21. The van der Waals surface area contributed by atoms with Crippen LogP contribution in [0.15, 0.2) is 0 Å². The Hall–Kier alpha value is -2.21. The van der Waals surface area contributed by atoms with Crippen LogP contribution in [0.3, 0.4) is 0 Å². The monoisotopic (exact) mass is 331 g/mol. The normalized spacial score (nSPS) is 9.90. The summed E-state index contributed by atoms with van der Waals surface area (Å²) in [5, 5.41) is 7.85. The summed E-state index contributed by atoms with van der Waals surface area (Å²) in [6.45, 7) is 0. The molecule has 0 bridgehead atoms. The summed E-state index contributed by atoms with van der Waals surface area (Å²) in [4.78, 5) is 22.5. The number of anilines is 4. The zero-order chi connectivity index (χ0) is 15.2. The van der Waals surface area contributed by atoms with Gasteiger partial charge in [-0.25, -0.2) is 0 Å². The van der Waals surface area contributed by atoms with Crippen molar-refractivity contribution in [2.45, 2.75) is 0 Å². The molecule has 0 fully saturated rings. The summed E-state index contributed by atoms with van der Waals surface area (Å²) >= 11 is 11.3. The van der Waals surface area contributed by atoms with E-state index in [-0.39, 0.29) is 34.4 Å². The fourth-order valence-electron chi connectivity index (χ4n) is 1.15. The minimum absolute atomic E-state index is 0.0108. The van der Waals surface area contributed by atoms with Crippen LogP contribution in [0.25, 0.3) is 0 Å². The first-order valence-corrected chi connectivity index (χ1v) is 6.08. The highest BCUT2D eigenvalue weighted by molar-refractivity contribution is 6.44. The fraction of sp³-hybridized carbons (Fsp3) is 0.143. The van der Waals surface area contributed by atoms with Gasteiger partial charge in [0.25, 0.3) is 5.95 Å². The molecule has 4 N–H and O–H groups in total. The Bertz CT molecular complexity index is 577. The molecule has 0 aromatic carbocycles. The Kier molecular flexibility index (Phi) is 5.06. The van der Waals surface area contributed by atoms with E-state index in [4.69, 9.17) is 23.2 Å². The van der Waals surface area contributed by atoms with Crippen LogP contribution in [0.5, 0.6) is 0 Å². The lowest BCUT2D eigenvalue weighted by atomic mass is 10.2. The van der Waals surface area contributed by atoms with Gasteiger partial charge in [0.05, 0.1) is 0 Å². The van der Waals surface area contributed by atoms with Crippen molar-refractivity contribution in [1.82, 2.24) is 29.9 Å². The van der Waals surface area contributed by atoms with E-state index < -0.39 is 0 Å². The first-order valence-electron chi connectivity index (χ1n) is 5.33. The number of rotatable bonds is 6. The zero-order valence-electron chi connectivity index (χ0n) is 10.4. The van der Waals surface area contributed by atoms with Crippen LogP contribution in [0.1, 0.15) is 0 Å². The molecule has 0 atom stereocenters. The van der Waals surface area contributed by atoms with E-state index in [1.54, 1.807) is 7.05 Å². The Morgan fingerprint density at radius 2 is 1.29 bits per heavy atom. The van der Waals surface area contributed by atoms with Gasteiger partial charge in [0, 0.05) is 7.05 Å². The molecule has 0 unspecified atom stereocenters. The van der Waals surface area contributed by atoms with Gasteiger partial charge in [-0.1, -0.05) is 0 Å². The molecule has 1 radical (unpaired) electrons. The van der Waals surface area contributed by atoms with Crippen molar-refractivity contribution in [2.24, 2.45) is 0 Å². The molecule has 14 heteroatoms. The van der Waals surface area contributed by atoms with Crippen LogP contribution in [0.2, 0.25) is 10.6 Å². The molecule has 0 aliphatic heterocycles. The highest BCUT2D eigenvalue weighted by Gasteiger charge is 2.07. The van der Waals surface area contributed by atoms with E-state index in [2.05, 4.69) is 45.7 Å². The van der Waals surface area contributed by atoms with Crippen molar-refractivity contribution in [1.29, 1.82) is 0 Å². The van der Waals surface area contributed by atoms with Crippen LogP contribution < -0.4 is 21.3 Å². The highest BCUT2D eigenvalue weighted by atomic mass is 35.5. The predicted molar refractivity (Wildman–Crippen MR) is 77.0 cm³/mol. The first kappa shape index (κ1) is 15.2. The predicted octanol–water partition coefficient (Wildman–Crippen LogP) is 0.760. The van der Waals surface area contributed by atoms with Crippen molar-refractivity contribution in [3.05, 3.63) is 10.6 Å². The Labute approximate surface area is 128 Å². The smallest absolute Gasteiger partial charge is 0.381 e. The molecule has 0 saturated heterocycles. The van der Waals surface area contributed by atoms with Gasteiger partial charge in [0.1, 0.15) is 0 Å². The average Bonchev–Trinajstić information content (AvgIpc) is 2.46. The minimum atomic E-state index is -0.327. The Balaban J connectivity index is 1.98.